The first kappa shape index (κ1) is 23.2. The summed E-state index contributed by atoms with van der Waals surface area (Å²) in [6.07, 6.45) is 4.10. The Labute approximate surface area is 166 Å². The lowest BCUT2D eigenvalue weighted by atomic mass is 9.82. The van der Waals surface area contributed by atoms with Gasteiger partial charge in [0.05, 0.1) is 6.54 Å². The third-order valence-corrected chi connectivity index (χ3v) is 4.51. The molecule has 0 amide bonds. The zero-order valence-corrected chi connectivity index (χ0v) is 18.1. The third kappa shape index (κ3) is 8.60. The fourth-order valence-electron chi connectivity index (χ4n) is 3.02. The predicted octanol–water partition coefficient (Wildman–Crippen LogP) is 5.79. The van der Waals surface area contributed by atoms with Crippen LogP contribution in [0.15, 0.2) is 42.1 Å². The van der Waals surface area contributed by atoms with E-state index in [1.807, 2.05) is 12.1 Å². The summed E-state index contributed by atoms with van der Waals surface area (Å²) in [6.45, 7) is 19.0. The lowest BCUT2D eigenvalue weighted by molar-refractivity contribution is -0.109. The third-order valence-electron chi connectivity index (χ3n) is 4.51. The first-order valence-electron chi connectivity index (χ1n) is 9.94. The van der Waals surface area contributed by atoms with Crippen LogP contribution in [0, 0.1) is 5.41 Å². The Kier molecular flexibility index (Phi) is 9.02. The van der Waals surface area contributed by atoms with E-state index < -0.39 is 5.60 Å². The maximum atomic E-state index is 10.9. The molecule has 0 aliphatic rings. The normalized spacial score (nSPS) is 12.0. The Bertz CT molecular complexity index is 631. The molecule has 0 aliphatic carbocycles. The van der Waals surface area contributed by atoms with E-state index in [-0.39, 0.29) is 5.41 Å². The van der Waals surface area contributed by atoms with E-state index >= 15 is 0 Å². The average Bonchev–Trinajstić information content (AvgIpc) is 2.58. The van der Waals surface area contributed by atoms with E-state index in [4.69, 9.17) is 4.74 Å². The average molecular weight is 372 g/mol. The molecule has 150 valence electrons. The number of carbonyl (C=O) groups is 1. The van der Waals surface area contributed by atoms with Gasteiger partial charge in [0.2, 0.25) is 0 Å². The van der Waals surface area contributed by atoms with Crippen LogP contribution in [0.3, 0.4) is 0 Å². The summed E-state index contributed by atoms with van der Waals surface area (Å²) in [5, 5.41) is 0. The highest BCUT2D eigenvalue weighted by molar-refractivity contribution is 5.52. The van der Waals surface area contributed by atoms with Gasteiger partial charge in [0.15, 0.2) is 0 Å². The molecule has 27 heavy (non-hydrogen) atoms. The highest BCUT2D eigenvalue weighted by atomic mass is 16.5. The first-order valence-corrected chi connectivity index (χ1v) is 9.94. The molecule has 0 saturated heterocycles. The Morgan fingerprint density at radius 2 is 1.81 bits per heavy atom. The van der Waals surface area contributed by atoms with Gasteiger partial charge in [0.1, 0.15) is 17.6 Å². The summed E-state index contributed by atoms with van der Waals surface area (Å²) < 4.78 is 6.26. The van der Waals surface area contributed by atoms with Crippen molar-refractivity contribution < 1.29 is 9.53 Å². The molecular weight excluding hydrogens is 334 g/mol. The molecule has 1 rings (SSSR count). The number of nitrogens with zero attached hydrogens (tertiary/aromatic N) is 1. The van der Waals surface area contributed by atoms with E-state index in [1.165, 1.54) is 5.56 Å². The molecule has 0 fully saturated rings. The lowest BCUT2D eigenvalue weighted by Crippen LogP contribution is -2.32. The minimum Gasteiger partial charge on any atom is -0.483 e. The van der Waals surface area contributed by atoms with Crippen molar-refractivity contribution in [2.75, 3.05) is 13.1 Å². The van der Waals surface area contributed by atoms with Gasteiger partial charge in [-0.05, 0) is 56.3 Å². The smallest absolute Gasteiger partial charge is 0.133 e. The molecule has 1 aromatic rings. The van der Waals surface area contributed by atoms with Crippen molar-refractivity contribution >= 4 is 6.29 Å². The monoisotopic (exact) mass is 371 g/mol. The van der Waals surface area contributed by atoms with Crippen LogP contribution in [0.4, 0.5) is 0 Å². The largest absolute Gasteiger partial charge is 0.483 e. The van der Waals surface area contributed by atoms with E-state index in [9.17, 15) is 4.79 Å². The zero-order valence-electron chi connectivity index (χ0n) is 18.1. The van der Waals surface area contributed by atoms with Crippen molar-refractivity contribution in [1.82, 2.24) is 4.90 Å². The molecule has 0 heterocycles. The maximum Gasteiger partial charge on any atom is 0.133 e. The van der Waals surface area contributed by atoms with Gasteiger partial charge in [-0.2, -0.15) is 0 Å². The SMILES string of the molecule is C=C=C(CC(C)(C)C)C(C)(C)Oc1ccc(CN(CC=O)CCCC)cc1. The number of hydrogen-bond donors (Lipinski definition) is 0. The molecule has 0 saturated carbocycles. The minimum atomic E-state index is -0.457. The number of aldehydes is 1. The van der Waals surface area contributed by atoms with Crippen LogP contribution < -0.4 is 4.74 Å². The second-order valence-corrected chi connectivity index (χ2v) is 8.90. The van der Waals surface area contributed by atoms with Gasteiger partial charge in [0, 0.05) is 12.1 Å². The number of rotatable bonds is 11. The molecule has 3 nitrogen and oxygen atoms in total. The number of carbonyl (C=O) groups excluding carboxylic acids is 1. The quantitative estimate of drug-likeness (QED) is 0.364. The molecule has 0 aliphatic heterocycles. The van der Waals surface area contributed by atoms with Crippen molar-refractivity contribution in [3.63, 3.8) is 0 Å². The van der Waals surface area contributed by atoms with Crippen LogP contribution in [0.1, 0.15) is 66.4 Å². The molecule has 0 bridgehead atoms. The minimum absolute atomic E-state index is 0.158. The topological polar surface area (TPSA) is 29.5 Å². The van der Waals surface area contributed by atoms with Crippen molar-refractivity contribution in [3.8, 4) is 5.75 Å². The summed E-state index contributed by atoms with van der Waals surface area (Å²) in [5.41, 5.74) is 5.06. The predicted molar refractivity (Wildman–Crippen MR) is 114 cm³/mol. The van der Waals surface area contributed by atoms with Gasteiger partial charge < -0.3 is 9.53 Å². The van der Waals surface area contributed by atoms with Gasteiger partial charge in [-0.3, -0.25) is 4.90 Å². The Balaban J connectivity index is 2.80. The Morgan fingerprint density at radius 1 is 1.19 bits per heavy atom. The molecular formula is C24H37NO2. The van der Waals surface area contributed by atoms with Gasteiger partial charge in [-0.1, -0.05) is 52.8 Å². The number of hydrogen-bond acceptors (Lipinski definition) is 3. The van der Waals surface area contributed by atoms with Crippen molar-refractivity contribution in [1.29, 1.82) is 0 Å². The van der Waals surface area contributed by atoms with E-state index in [2.05, 4.69) is 70.9 Å². The lowest BCUT2D eigenvalue weighted by Gasteiger charge is -2.32. The summed E-state index contributed by atoms with van der Waals surface area (Å²) >= 11 is 0. The van der Waals surface area contributed by atoms with E-state index in [0.29, 0.717) is 6.54 Å². The highest BCUT2D eigenvalue weighted by Gasteiger charge is 2.28. The molecule has 0 spiro atoms. The van der Waals surface area contributed by atoms with Gasteiger partial charge >= 0.3 is 0 Å². The zero-order chi connectivity index (χ0) is 20.5. The van der Waals surface area contributed by atoms with Crippen molar-refractivity contribution in [2.24, 2.45) is 5.41 Å². The van der Waals surface area contributed by atoms with Crippen LogP contribution in [0.5, 0.6) is 5.75 Å². The summed E-state index contributed by atoms with van der Waals surface area (Å²) in [6, 6.07) is 8.17. The van der Waals surface area contributed by atoms with Crippen LogP contribution in [-0.2, 0) is 11.3 Å². The second-order valence-electron chi connectivity index (χ2n) is 8.90. The van der Waals surface area contributed by atoms with Crippen LogP contribution in [0.2, 0.25) is 0 Å². The van der Waals surface area contributed by atoms with Crippen LogP contribution in [-0.4, -0.2) is 29.9 Å². The fourth-order valence-corrected chi connectivity index (χ4v) is 3.02. The van der Waals surface area contributed by atoms with Crippen LogP contribution in [0.25, 0.3) is 0 Å². The van der Waals surface area contributed by atoms with Gasteiger partial charge in [-0.15, -0.1) is 5.73 Å². The van der Waals surface area contributed by atoms with Gasteiger partial charge in [-0.25, -0.2) is 0 Å². The Morgan fingerprint density at radius 3 is 2.30 bits per heavy atom. The molecule has 0 atom stereocenters. The number of unbranched alkanes of at least 4 members (excludes halogenated alkanes) is 1. The molecule has 1 aromatic carbocycles. The van der Waals surface area contributed by atoms with E-state index in [1.54, 1.807) is 0 Å². The van der Waals surface area contributed by atoms with Crippen molar-refractivity contribution in [3.05, 3.63) is 47.7 Å². The number of ether oxygens (including phenoxy) is 1. The first-order chi connectivity index (χ1) is 12.6. The molecule has 3 heteroatoms. The van der Waals surface area contributed by atoms with Crippen molar-refractivity contribution in [2.45, 2.75) is 73.0 Å². The summed E-state index contributed by atoms with van der Waals surface area (Å²) in [7, 11) is 0. The van der Waals surface area contributed by atoms with Crippen LogP contribution >= 0.6 is 0 Å². The molecule has 0 aromatic heterocycles. The molecule has 0 N–H and O–H groups in total. The van der Waals surface area contributed by atoms with Gasteiger partial charge in [0.25, 0.3) is 0 Å². The summed E-state index contributed by atoms with van der Waals surface area (Å²) in [5.74, 6) is 0.834. The fraction of sp³-hybridized carbons (Fsp3) is 0.583. The standard InChI is InChI=1S/C24H37NO2/c1-8-10-15-25(16-17-26)19-20-11-13-22(14-12-20)27-24(6,7)21(9-2)18-23(3,4)5/h11-14,17H,2,8,10,15-16,18-19H2,1,3-7H3. The Hall–Kier alpha value is -1.83. The molecule has 0 radical (unpaired) electrons. The second kappa shape index (κ2) is 10.5. The molecule has 0 unspecified atom stereocenters. The van der Waals surface area contributed by atoms with E-state index in [0.717, 1.165) is 50.0 Å². The maximum absolute atomic E-state index is 10.9. The summed E-state index contributed by atoms with van der Waals surface area (Å²) in [4.78, 5) is 13.1. The highest BCUT2D eigenvalue weighted by Crippen LogP contribution is 2.33. The number of benzene rings is 1.